The van der Waals surface area contributed by atoms with Gasteiger partial charge in [0.15, 0.2) is 0 Å². The molecule has 0 aromatic heterocycles. The third-order valence-electron chi connectivity index (χ3n) is 7.71. The molecule has 0 saturated carbocycles. The first-order valence-corrected chi connectivity index (χ1v) is 16.8. The summed E-state index contributed by atoms with van der Waals surface area (Å²) in [6, 6.07) is 25.5. The maximum atomic E-state index is 13.2. The van der Waals surface area contributed by atoms with Gasteiger partial charge in [-0.25, -0.2) is 14.5 Å². The molecule has 11 nitrogen and oxygen atoms in total. The molecule has 1 unspecified atom stereocenters. The Morgan fingerprint density at radius 1 is 0.780 bits per heavy atom. The Kier molecular flexibility index (Phi) is 15.0. The number of benzene rings is 3. The number of rotatable bonds is 15. The fraction of sp³-hybridized carbons (Fsp3) is 0.410. The zero-order valence-corrected chi connectivity index (χ0v) is 29.5. The third-order valence-corrected chi connectivity index (χ3v) is 7.71. The van der Waals surface area contributed by atoms with E-state index in [4.69, 9.17) is 19.6 Å². The maximum Gasteiger partial charge on any atom is 0.417 e. The number of hydrogen-bond acceptors (Lipinski definition) is 8. The first-order chi connectivity index (χ1) is 23.7. The fourth-order valence-corrected chi connectivity index (χ4v) is 5.28. The number of carboxylic acid groups (broad SMARTS) is 1. The molecule has 50 heavy (non-hydrogen) atoms. The van der Waals surface area contributed by atoms with Gasteiger partial charge in [0.1, 0.15) is 18.8 Å². The summed E-state index contributed by atoms with van der Waals surface area (Å²) >= 11 is 0. The molecule has 0 fully saturated rings. The Morgan fingerprint density at radius 3 is 1.84 bits per heavy atom. The van der Waals surface area contributed by atoms with Crippen LogP contribution in [0.15, 0.2) is 84.9 Å². The van der Waals surface area contributed by atoms with E-state index in [9.17, 15) is 24.3 Å². The van der Waals surface area contributed by atoms with E-state index in [2.05, 4.69) is 5.32 Å². The molecule has 11 heteroatoms. The van der Waals surface area contributed by atoms with Crippen molar-refractivity contribution in [1.82, 2.24) is 10.2 Å². The Labute approximate surface area is 294 Å². The van der Waals surface area contributed by atoms with E-state index in [1.807, 2.05) is 74.5 Å². The monoisotopic (exact) mass is 687 g/mol. The Hall–Kier alpha value is -5.19. The van der Waals surface area contributed by atoms with Crippen molar-refractivity contribution in [3.63, 3.8) is 0 Å². The van der Waals surface area contributed by atoms with E-state index in [0.717, 1.165) is 21.6 Å². The molecule has 0 aliphatic carbocycles. The van der Waals surface area contributed by atoms with Gasteiger partial charge < -0.3 is 19.3 Å². The van der Waals surface area contributed by atoms with Crippen molar-refractivity contribution in [2.45, 2.75) is 85.7 Å². The van der Waals surface area contributed by atoms with Crippen LogP contribution >= 0.6 is 0 Å². The molecule has 0 spiro atoms. The number of nitrogens with zero attached hydrogens (tertiary/aromatic N) is 1. The van der Waals surface area contributed by atoms with Crippen LogP contribution in [0.5, 0.6) is 0 Å². The average Bonchev–Trinajstić information content (AvgIpc) is 3.06. The highest BCUT2D eigenvalue weighted by molar-refractivity contribution is 5.99. The van der Waals surface area contributed by atoms with E-state index in [0.29, 0.717) is 31.2 Å². The van der Waals surface area contributed by atoms with Crippen molar-refractivity contribution in [3.05, 3.63) is 107 Å². The number of aliphatic carboxylic acids is 1. The molecule has 3 N–H and O–H groups in total. The molecule has 0 bridgehead atoms. The van der Waals surface area contributed by atoms with Crippen molar-refractivity contribution >= 4 is 30.1 Å². The number of carboxylic acids is 1. The maximum absolute atomic E-state index is 13.2. The molecular formula is C39H49N3O8. The van der Waals surface area contributed by atoms with Gasteiger partial charge in [0, 0.05) is 0 Å². The van der Waals surface area contributed by atoms with Gasteiger partial charge in [-0.15, -0.1) is 0 Å². The van der Waals surface area contributed by atoms with Gasteiger partial charge in [0.05, 0.1) is 18.4 Å². The van der Waals surface area contributed by atoms with Crippen LogP contribution in [0.1, 0.15) is 76.1 Å². The summed E-state index contributed by atoms with van der Waals surface area (Å²) in [6.07, 6.45) is 0.147. The lowest BCUT2D eigenvalue weighted by Gasteiger charge is -2.28. The number of carbonyl (C=O) groups excluding carboxylic acids is 3. The van der Waals surface area contributed by atoms with E-state index >= 15 is 0 Å². The van der Waals surface area contributed by atoms with Crippen molar-refractivity contribution in [2.75, 3.05) is 0 Å². The second-order valence-corrected chi connectivity index (χ2v) is 13.6. The van der Waals surface area contributed by atoms with Gasteiger partial charge in [-0.2, -0.15) is 0 Å². The van der Waals surface area contributed by atoms with Crippen molar-refractivity contribution in [2.24, 2.45) is 17.8 Å². The summed E-state index contributed by atoms with van der Waals surface area (Å²) in [5.74, 6) is -3.54. The number of hydrogen-bond donors (Lipinski definition) is 3. The standard InChI is InChI=1S/C39H49N3O8/c1-27(2)23-33(34(43)44)32(35(45)50-39(3,4)5)18-12-17-28-19-21-29(22-20-28)24-42(38(47)49-26-31-15-10-7-11-16-31)36(40)41-37(46)48-25-30-13-8-6-9-14-30/h6-11,13-16,19-22,27,32-33H,12,17-18,23-26H2,1-5H3,(H,43,44)(H2,40,41,46)/t32?,33-/m1/s1. The minimum absolute atomic E-state index is 0.00687. The van der Waals surface area contributed by atoms with E-state index in [-0.39, 0.29) is 25.7 Å². The molecule has 3 aromatic carbocycles. The molecule has 0 saturated heterocycles. The minimum Gasteiger partial charge on any atom is -0.481 e. The summed E-state index contributed by atoms with van der Waals surface area (Å²) in [7, 11) is 0. The minimum atomic E-state index is -1.00. The van der Waals surface area contributed by atoms with Crippen LogP contribution in [0.25, 0.3) is 0 Å². The number of alkyl carbamates (subject to hydrolysis) is 1. The summed E-state index contributed by atoms with van der Waals surface area (Å²) in [4.78, 5) is 52.0. The van der Waals surface area contributed by atoms with Crippen molar-refractivity contribution in [1.29, 1.82) is 5.41 Å². The molecule has 268 valence electrons. The SMILES string of the molecule is CC(C)C[C@@H](C(=O)O)C(CCCc1ccc(CN(C(=N)NC(=O)OCc2ccccc2)C(=O)OCc2ccccc2)cc1)C(=O)OC(C)(C)C. The lowest BCUT2D eigenvalue weighted by molar-refractivity contribution is -0.167. The molecule has 0 aliphatic rings. The van der Waals surface area contributed by atoms with Crippen LogP contribution in [-0.2, 0) is 50.0 Å². The van der Waals surface area contributed by atoms with Gasteiger partial charge >= 0.3 is 24.1 Å². The topological polar surface area (TPSA) is 155 Å². The van der Waals surface area contributed by atoms with Crippen molar-refractivity contribution in [3.8, 4) is 0 Å². The lowest BCUT2D eigenvalue weighted by atomic mass is 9.82. The zero-order chi connectivity index (χ0) is 36.7. The van der Waals surface area contributed by atoms with E-state index < -0.39 is 47.5 Å². The number of ether oxygens (including phenoxy) is 3. The molecule has 0 heterocycles. The molecule has 0 aliphatic heterocycles. The molecule has 3 aromatic rings. The van der Waals surface area contributed by atoms with Gasteiger partial charge in [0.2, 0.25) is 5.96 Å². The fourth-order valence-electron chi connectivity index (χ4n) is 5.28. The Bertz CT molecular complexity index is 1550. The highest BCUT2D eigenvalue weighted by Crippen LogP contribution is 2.29. The Morgan fingerprint density at radius 2 is 1.32 bits per heavy atom. The van der Waals surface area contributed by atoms with Gasteiger partial charge in [-0.3, -0.25) is 20.3 Å². The van der Waals surface area contributed by atoms with Crippen LogP contribution in [0, 0.1) is 23.2 Å². The lowest BCUT2D eigenvalue weighted by Crippen LogP contribution is -2.46. The average molecular weight is 688 g/mol. The van der Waals surface area contributed by atoms with E-state index in [1.54, 1.807) is 45.0 Å². The first-order valence-electron chi connectivity index (χ1n) is 16.8. The number of guanidine groups is 1. The summed E-state index contributed by atoms with van der Waals surface area (Å²) < 4.78 is 16.3. The zero-order valence-electron chi connectivity index (χ0n) is 29.5. The largest absolute Gasteiger partial charge is 0.481 e. The first kappa shape index (κ1) is 39.3. The summed E-state index contributed by atoms with van der Waals surface area (Å²) in [5.41, 5.74) is 2.42. The van der Waals surface area contributed by atoms with Crippen LogP contribution < -0.4 is 5.32 Å². The molecule has 3 rings (SSSR count). The Balaban J connectivity index is 1.67. The summed E-state index contributed by atoms with van der Waals surface area (Å²) in [6.45, 7) is 9.06. The number of nitrogens with one attached hydrogen (secondary N) is 2. The van der Waals surface area contributed by atoms with Crippen molar-refractivity contribution < 1.29 is 38.5 Å². The van der Waals surface area contributed by atoms with Gasteiger partial charge in [0.25, 0.3) is 0 Å². The van der Waals surface area contributed by atoms with Gasteiger partial charge in [-0.05, 0) is 74.6 Å². The number of esters is 1. The molecule has 0 radical (unpaired) electrons. The van der Waals surface area contributed by atoms with Crippen LogP contribution in [0.2, 0.25) is 0 Å². The normalized spacial score (nSPS) is 12.4. The molecule has 2 atom stereocenters. The number of aryl methyl sites for hydroxylation is 1. The summed E-state index contributed by atoms with van der Waals surface area (Å²) in [5, 5.41) is 20.8. The predicted octanol–water partition coefficient (Wildman–Crippen LogP) is 7.71. The van der Waals surface area contributed by atoms with Gasteiger partial charge in [-0.1, -0.05) is 98.8 Å². The molecular weight excluding hydrogens is 638 g/mol. The van der Waals surface area contributed by atoms with E-state index in [1.165, 1.54) is 0 Å². The van der Waals surface area contributed by atoms with Crippen LogP contribution in [-0.4, -0.2) is 45.7 Å². The second kappa shape index (κ2) is 19.1. The quantitative estimate of drug-likeness (QED) is 0.0635. The van der Waals surface area contributed by atoms with Crippen LogP contribution in [0.4, 0.5) is 9.59 Å². The van der Waals surface area contributed by atoms with Crippen LogP contribution in [0.3, 0.4) is 0 Å². The smallest absolute Gasteiger partial charge is 0.417 e. The highest BCUT2D eigenvalue weighted by Gasteiger charge is 2.36. The highest BCUT2D eigenvalue weighted by atomic mass is 16.6. The predicted molar refractivity (Wildman–Crippen MR) is 189 cm³/mol. The molecule has 2 amide bonds. The number of amides is 2. The second-order valence-electron chi connectivity index (χ2n) is 13.6. The third kappa shape index (κ3) is 13.7. The number of carbonyl (C=O) groups is 4.